The minimum absolute atomic E-state index is 0.218. The minimum atomic E-state index is -0.910. The summed E-state index contributed by atoms with van der Waals surface area (Å²) in [5, 5.41) is 2.95. The lowest BCUT2D eigenvalue weighted by atomic mass is 9.99. The molecular weight excluding hydrogens is 312 g/mol. The number of rotatable bonds is 1. The van der Waals surface area contributed by atoms with Crippen molar-refractivity contribution in [2.24, 2.45) is 0 Å². The Morgan fingerprint density at radius 3 is 2.58 bits per heavy atom. The predicted octanol–water partition coefficient (Wildman–Crippen LogP) is 3.68. The monoisotopic (exact) mass is 333 g/mol. The van der Waals surface area contributed by atoms with Crippen molar-refractivity contribution in [1.82, 2.24) is 14.8 Å². The Hall–Kier alpha value is -2.37. The third-order valence-corrected chi connectivity index (χ3v) is 4.04. The Kier molecular flexibility index (Phi) is 4.07. The van der Waals surface area contributed by atoms with Gasteiger partial charge in [-0.3, -0.25) is 0 Å². The Bertz CT molecular complexity index is 764. The lowest BCUT2D eigenvalue weighted by Gasteiger charge is -2.39. The molecule has 2 aromatic rings. The summed E-state index contributed by atoms with van der Waals surface area (Å²) >= 11 is 0. The van der Waals surface area contributed by atoms with Crippen LogP contribution in [-0.4, -0.2) is 27.6 Å². The van der Waals surface area contributed by atoms with E-state index in [1.165, 1.54) is 12.1 Å². The SMILES string of the molecule is CC(C)(C)NC(=O)N1CCn2cccc2[C@H]1c1ccc(F)c(F)c1. The van der Waals surface area contributed by atoms with Gasteiger partial charge in [0.25, 0.3) is 0 Å². The summed E-state index contributed by atoms with van der Waals surface area (Å²) in [7, 11) is 0. The lowest BCUT2D eigenvalue weighted by Crippen LogP contribution is -2.52. The number of fused-ring (bicyclic) bond motifs is 1. The normalized spacial score (nSPS) is 17.5. The highest BCUT2D eigenvalue weighted by Crippen LogP contribution is 2.33. The molecule has 0 saturated carbocycles. The Balaban J connectivity index is 2.02. The van der Waals surface area contributed by atoms with Crippen molar-refractivity contribution < 1.29 is 13.6 Å². The fraction of sp³-hybridized carbons (Fsp3) is 0.389. The summed E-state index contributed by atoms with van der Waals surface area (Å²) in [5.74, 6) is -1.80. The van der Waals surface area contributed by atoms with E-state index in [9.17, 15) is 13.6 Å². The molecule has 0 radical (unpaired) electrons. The number of hydrogen-bond donors (Lipinski definition) is 1. The van der Waals surface area contributed by atoms with E-state index in [4.69, 9.17) is 0 Å². The Labute approximate surface area is 140 Å². The Morgan fingerprint density at radius 1 is 1.17 bits per heavy atom. The first-order chi connectivity index (χ1) is 11.3. The van der Waals surface area contributed by atoms with E-state index < -0.39 is 17.7 Å². The smallest absolute Gasteiger partial charge is 0.318 e. The average molecular weight is 333 g/mol. The van der Waals surface area contributed by atoms with Crippen molar-refractivity contribution in [3.8, 4) is 0 Å². The highest BCUT2D eigenvalue weighted by Gasteiger charge is 2.33. The largest absolute Gasteiger partial charge is 0.348 e. The second-order valence-electron chi connectivity index (χ2n) is 7.08. The number of aromatic nitrogens is 1. The number of carbonyl (C=O) groups is 1. The van der Waals surface area contributed by atoms with E-state index in [1.54, 1.807) is 4.90 Å². The lowest BCUT2D eigenvalue weighted by molar-refractivity contribution is 0.160. The van der Waals surface area contributed by atoms with Gasteiger partial charge in [-0.25, -0.2) is 13.6 Å². The molecule has 2 amide bonds. The summed E-state index contributed by atoms with van der Waals surface area (Å²) in [6.07, 6.45) is 1.93. The van der Waals surface area contributed by atoms with E-state index in [0.717, 1.165) is 11.8 Å². The van der Waals surface area contributed by atoms with Gasteiger partial charge in [0.05, 0.1) is 6.04 Å². The number of amides is 2. The maximum atomic E-state index is 13.7. The number of nitrogens with one attached hydrogen (secondary N) is 1. The van der Waals surface area contributed by atoms with Crippen LogP contribution in [0.4, 0.5) is 13.6 Å². The maximum absolute atomic E-state index is 13.7. The van der Waals surface area contributed by atoms with Crippen molar-refractivity contribution in [1.29, 1.82) is 0 Å². The summed E-state index contributed by atoms with van der Waals surface area (Å²) in [6, 6.07) is 6.93. The number of halogens is 2. The predicted molar refractivity (Wildman–Crippen MR) is 87.6 cm³/mol. The molecule has 1 N–H and O–H groups in total. The van der Waals surface area contributed by atoms with E-state index in [1.807, 2.05) is 43.7 Å². The van der Waals surface area contributed by atoms with Crippen LogP contribution in [0, 0.1) is 11.6 Å². The topological polar surface area (TPSA) is 37.3 Å². The van der Waals surface area contributed by atoms with Crippen molar-refractivity contribution in [3.05, 3.63) is 59.4 Å². The van der Waals surface area contributed by atoms with Gasteiger partial charge in [0.2, 0.25) is 0 Å². The van der Waals surface area contributed by atoms with Gasteiger partial charge in [-0.15, -0.1) is 0 Å². The highest BCUT2D eigenvalue weighted by molar-refractivity contribution is 5.76. The zero-order valence-corrected chi connectivity index (χ0v) is 14.0. The summed E-state index contributed by atoms with van der Waals surface area (Å²) < 4.78 is 29.1. The van der Waals surface area contributed by atoms with Crippen LogP contribution in [0.25, 0.3) is 0 Å². The molecule has 1 aromatic heterocycles. The van der Waals surface area contributed by atoms with E-state index in [0.29, 0.717) is 18.7 Å². The molecule has 128 valence electrons. The summed E-state index contributed by atoms with van der Waals surface area (Å²) in [5.41, 5.74) is 1.06. The third kappa shape index (κ3) is 3.13. The van der Waals surface area contributed by atoms with Crippen LogP contribution >= 0.6 is 0 Å². The van der Waals surface area contributed by atoms with Gasteiger partial charge in [0.15, 0.2) is 11.6 Å². The summed E-state index contributed by atoms with van der Waals surface area (Å²) in [4.78, 5) is 14.4. The fourth-order valence-corrected chi connectivity index (χ4v) is 3.03. The first-order valence-electron chi connectivity index (χ1n) is 7.95. The van der Waals surface area contributed by atoms with Crippen LogP contribution in [0.3, 0.4) is 0 Å². The van der Waals surface area contributed by atoms with Gasteiger partial charge in [0, 0.05) is 30.5 Å². The molecule has 1 aliphatic heterocycles. The zero-order chi connectivity index (χ0) is 17.5. The van der Waals surface area contributed by atoms with Crippen LogP contribution in [0.15, 0.2) is 36.5 Å². The van der Waals surface area contributed by atoms with Crippen molar-refractivity contribution in [2.75, 3.05) is 6.54 Å². The molecule has 4 nitrogen and oxygen atoms in total. The van der Waals surface area contributed by atoms with Crippen molar-refractivity contribution in [2.45, 2.75) is 38.9 Å². The molecule has 0 unspecified atom stereocenters. The minimum Gasteiger partial charge on any atom is -0.348 e. The van der Waals surface area contributed by atoms with Crippen LogP contribution in [0.5, 0.6) is 0 Å². The van der Waals surface area contributed by atoms with Gasteiger partial charge >= 0.3 is 6.03 Å². The number of hydrogen-bond acceptors (Lipinski definition) is 1. The molecule has 0 bridgehead atoms. The number of carbonyl (C=O) groups excluding carboxylic acids is 1. The van der Waals surface area contributed by atoms with Gasteiger partial charge in [-0.2, -0.15) is 0 Å². The van der Waals surface area contributed by atoms with Crippen LogP contribution in [0.1, 0.15) is 38.1 Å². The molecule has 6 heteroatoms. The number of benzene rings is 1. The average Bonchev–Trinajstić information content (AvgIpc) is 2.95. The van der Waals surface area contributed by atoms with Gasteiger partial charge in [-0.1, -0.05) is 6.07 Å². The molecule has 1 aromatic carbocycles. The van der Waals surface area contributed by atoms with Crippen LogP contribution < -0.4 is 5.32 Å². The first-order valence-corrected chi connectivity index (χ1v) is 7.95. The van der Waals surface area contributed by atoms with Gasteiger partial charge in [-0.05, 0) is 50.6 Å². The molecule has 24 heavy (non-hydrogen) atoms. The number of urea groups is 1. The first kappa shape index (κ1) is 16.5. The van der Waals surface area contributed by atoms with Crippen LogP contribution in [-0.2, 0) is 6.54 Å². The number of nitrogens with zero attached hydrogens (tertiary/aromatic N) is 2. The second-order valence-corrected chi connectivity index (χ2v) is 7.08. The molecule has 1 atom stereocenters. The highest BCUT2D eigenvalue weighted by atomic mass is 19.2. The van der Waals surface area contributed by atoms with E-state index in [-0.39, 0.29) is 11.6 Å². The maximum Gasteiger partial charge on any atom is 0.318 e. The van der Waals surface area contributed by atoms with Crippen molar-refractivity contribution >= 4 is 6.03 Å². The molecular formula is C18H21F2N3O. The summed E-state index contributed by atoms with van der Waals surface area (Å²) in [6.45, 7) is 6.88. The third-order valence-electron chi connectivity index (χ3n) is 4.04. The standard InChI is InChI=1S/C18H21F2N3O/c1-18(2,3)21-17(24)23-10-9-22-8-4-5-15(22)16(23)12-6-7-13(19)14(20)11-12/h4-8,11,16H,9-10H2,1-3H3,(H,21,24)/t16-/m1/s1. The molecule has 3 rings (SSSR count). The molecule has 0 fully saturated rings. The fourth-order valence-electron chi connectivity index (χ4n) is 3.03. The molecule has 0 aliphatic carbocycles. The van der Waals surface area contributed by atoms with E-state index in [2.05, 4.69) is 5.32 Å². The zero-order valence-electron chi connectivity index (χ0n) is 14.0. The molecule has 1 aliphatic rings. The van der Waals surface area contributed by atoms with Crippen LogP contribution in [0.2, 0.25) is 0 Å². The Morgan fingerprint density at radius 2 is 1.92 bits per heavy atom. The molecule has 2 heterocycles. The molecule has 0 saturated heterocycles. The quantitative estimate of drug-likeness (QED) is 0.849. The van der Waals surface area contributed by atoms with Gasteiger partial charge < -0.3 is 14.8 Å². The second kappa shape index (κ2) is 5.92. The van der Waals surface area contributed by atoms with Crippen molar-refractivity contribution in [3.63, 3.8) is 0 Å². The van der Waals surface area contributed by atoms with E-state index >= 15 is 0 Å². The molecule has 0 spiro atoms. The van der Waals surface area contributed by atoms with Gasteiger partial charge in [0.1, 0.15) is 0 Å².